The average Bonchev–Trinajstić information content (AvgIpc) is 3.19. The van der Waals surface area contributed by atoms with Crippen molar-refractivity contribution in [2.75, 3.05) is 18.0 Å². The van der Waals surface area contributed by atoms with Gasteiger partial charge in [0.2, 0.25) is 5.91 Å². The fourth-order valence-electron chi connectivity index (χ4n) is 3.75. The molecule has 2 fully saturated rings. The van der Waals surface area contributed by atoms with Crippen molar-refractivity contribution in [1.82, 2.24) is 9.88 Å². The molecule has 4 rings (SSSR count). The van der Waals surface area contributed by atoms with Gasteiger partial charge >= 0.3 is 0 Å². The molecule has 0 radical (unpaired) electrons. The molecule has 1 aromatic heterocycles. The highest BCUT2D eigenvalue weighted by atomic mass is 32.2. The van der Waals surface area contributed by atoms with Gasteiger partial charge in [-0.3, -0.25) is 9.78 Å². The molecule has 4 heterocycles. The van der Waals surface area contributed by atoms with Gasteiger partial charge in [-0.15, -0.1) is 11.8 Å². The minimum absolute atomic E-state index is 0.0878. The van der Waals surface area contributed by atoms with Crippen LogP contribution in [0.3, 0.4) is 0 Å². The highest BCUT2D eigenvalue weighted by Gasteiger charge is 2.55. The Bertz CT molecular complexity index is 697. The molecule has 0 saturated carbocycles. The standard InChI is InChI=1S/C18H23N3O2S2/c1-3-14(22)15-16(23)21-11(2)18(25-17(15)21)24-13-6-9-20(10-13)12-4-7-19-8-5-12/h4-5,7-8,13-15,17,22H,3,6,9-10H2,1-2H3/t13-,14-,15+,17+/m0/s1. The van der Waals surface area contributed by atoms with E-state index >= 15 is 0 Å². The van der Waals surface area contributed by atoms with Gasteiger partial charge in [-0.25, -0.2) is 0 Å². The smallest absolute Gasteiger partial charge is 0.236 e. The van der Waals surface area contributed by atoms with Crippen LogP contribution >= 0.6 is 23.5 Å². The molecule has 3 aliphatic rings. The first-order valence-corrected chi connectivity index (χ1v) is 10.6. The number of pyridine rings is 1. The van der Waals surface area contributed by atoms with Gasteiger partial charge in [-0.05, 0) is 31.9 Å². The number of anilines is 1. The first kappa shape index (κ1) is 17.2. The molecule has 7 heteroatoms. The fraction of sp³-hybridized carbons (Fsp3) is 0.556. The molecule has 1 aromatic rings. The van der Waals surface area contributed by atoms with Crippen LogP contribution in [0.25, 0.3) is 0 Å². The van der Waals surface area contributed by atoms with Gasteiger partial charge in [0.15, 0.2) is 0 Å². The van der Waals surface area contributed by atoms with Crippen LogP contribution in [-0.2, 0) is 4.79 Å². The Morgan fingerprint density at radius 2 is 2.20 bits per heavy atom. The molecule has 2 saturated heterocycles. The number of hydrogen-bond donors (Lipinski definition) is 1. The van der Waals surface area contributed by atoms with E-state index in [2.05, 4.69) is 22.0 Å². The molecule has 3 aliphatic heterocycles. The predicted octanol–water partition coefficient (Wildman–Crippen LogP) is 2.88. The van der Waals surface area contributed by atoms with Gasteiger partial charge in [0, 0.05) is 42.1 Å². The van der Waals surface area contributed by atoms with E-state index in [4.69, 9.17) is 0 Å². The number of amides is 1. The number of allylic oxidation sites excluding steroid dienone is 1. The number of rotatable bonds is 5. The molecule has 0 unspecified atom stereocenters. The maximum absolute atomic E-state index is 12.4. The molecule has 5 nitrogen and oxygen atoms in total. The monoisotopic (exact) mass is 377 g/mol. The lowest BCUT2D eigenvalue weighted by atomic mass is 9.90. The Balaban J connectivity index is 1.39. The number of aliphatic hydroxyl groups is 1. The molecular weight excluding hydrogens is 354 g/mol. The molecule has 1 N–H and O–H groups in total. The zero-order chi connectivity index (χ0) is 17.6. The van der Waals surface area contributed by atoms with Crippen molar-refractivity contribution >= 4 is 35.1 Å². The van der Waals surface area contributed by atoms with Crippen LogP contribution in [0.5, 0.6) is 0 Å². The van der Waals surface area contributed by atoms with Gasteiger partial charge in [0.1, 0.15) is 5.37 Å². The van der Waals surface area contributed by atoms with E-state index in [1.54, 1.807) is 11.8 Å². The zero-order valence-electron chi connectivity index (χ0n) is 14.5. The highest BCUT2D eigenvalue weighted by molar-refractivity contribution is 8.23. The molecule has 0 bridgehead atoms. The summed E-state index contributed by atoms with van der Waals surface area (Å²) in [5.41, 5.74) is 2.31. The summed E-state index contributed by atoms with van der Waals surface area (Å²) < 4.78 is 1.26. The van der Waals surface area contributed by atoms with Crippen molar-refractivity contribution in [2.45, 2.75) is 43.4 Å². The molecule has 134 valence electrons. The third-order valence-corrected chi connectivity index (χ3v) is 8.31. The van der Waals surface area contributed by atoms with E-state index in [-0.39, 0.29) is 17.2 Å². The van der Waals surface area contributed by atoms with Gasteiger partial charge in [-0.1, -0.05) is 18.7 Å². The molecule has 0 aromatic carbocycles. The second kappa shape index (κ2) is 6.85. The Kier molecular flexibility index (Phi) is 4.73. The summed E-state index contributed by atoms with van der Waals surface area (Å²) in [7, 11) is 0. The summed E-state index contributed by atoms with van der Waals surface area (Å²) in [5.74, 6) is -0.148. The maximum atomic E-state index is 12.4. The van der Waals surface area contributed by atoms with Crippen molar-refractivity contribution in [2.24, 2.45) is 5.92 Å². The number of β-lactam (4-membered cyclic amide) rings is 1. The van der Waals surface area contributed by atoms with Crippen LogP contribution in [-0.4, -0.2) is 50.7 Å². The maximum Gasteiger partial charge on any atom is 0.236 e. The summed E-state index contributed by atoms with van der Waals surface area (Å²) in [6.07, 6.45) is 4.93. The SMILES string of the molecule is CC[C@H](O)[C@@H]1C(=O)N2C(C)=C(S[C@H]3CCN(c4ccncc4)C3)S[C@H]12. The molecular formula is C18H23N3O2S2. The van der Waals surface area contributed by atoms with E-state index in [0.29, 0.717) is 11.7 Å². The van der Waals surface area contributed by atoms with Gasteiger partial charge in [-0.2, -0.15) is 0 Å². The molecule has 25 heavy (non-hydrogen) atoms. The van der Waals surface area contributed by atoms with Crippen LogP contribution in [0, 0.1) is 5.92 Å². The third kappa shape index (κ3) is 2.96. The van der Waals surface area contributed by atoms with Gasteiger partial charge in [0.25, 0.3) is 0 Å². The number of thioether (sulfide) groups is 2. The van der Waals surface area contributed by atoms with Crippen LogP contribution in [0.15, 0.2) is 34.5 Å². The number of fused-ring (bicyclic) bond motifs is 1. The Labute approximate surface area is 156 Å². The normalized spacial score (nSPS) is 29.9. The minimum atomic E-state index is -0.521. The van der Waals surface area contributed by atoms with Crippen molar-refractivity contribution < 1.29 is 9.90 Å². The van der Waals surface area contributed by atoms with Crippen LogP contribution in [0.1, 0.15) is 26.7 Å². The average molecular weight is 378 g/mol. The largest absolute Gasteiger partial charge is 0.392 e. The molecule has 0 spiro atoms. The first-order chi connectivity index (χ1) is 12.1. The second-order valence-corrected chi connectivity index (χ2v) is 9.47. The highest BCUT2D eigenvalue weighted by Crippen LogP contribution is 2.55. The van der Waals surface area contributed by atoms with E-state index in [1.807, 2.05) is 42.9 Å². The van der Waals surface area contributed by atoms with E-state index in [0.717, 1.165) is 25.2 Å². The Morgan fingerprint density at radius 1 is 1.44 bits per heavy atom. The van der Waals surface area contributed by atoms with Crippen LogP contribution < -0.4 is 4.90 Å². The third-order valence-electron chi connectivity index (χ3n) is 5.25. The summed E-state index contributed by atoms with van der Waals surface area (Å²) in [6.45, 7) is 6.05. The van der Waals surface area contributed by atoms with Gasteiger partial charge in [0.05, 0.1) is 16.3 Å². The summed E-state index contributed by atoms with van der Waals surface area (Å²) >= 11 is 3.67. The number of aromatic nitrogens is 1. The molecule has 4 atom stereocenters. The van der Waals surface area contributed by atoms with Crippen molar-refractivity contribution in [3.63, 3.8) is 0 Å². The fourth-order valence-corrected chi connectivity index (χ4v) is 7.02. The minimum Gasteiger partial charge on any atom is -0.392 e. The lowest BCUT2D eigenvalue weighted by Crippen LogP contribution is -2.60. The quantitative estimate of drug-likeness (QED) is 0.797. The van der Waals surface area contributed by atoms with Crippen molar-refractivity contribution in [3.8, 4) is 0 Å². The summed E-state index contributed by atoms with van der Waals surface area (Å²) in [5, 5.41) is 10.8. The van der Waals surface area contributed by atoms with Crippen molar-refractivity contribution in [3.05, 3.63) is 34.5 Å². The van der Waals surface area contributed by atoms with Crippen LogP contribution in [0.2, 0.25) is 0 Å². The first-order valence-electron chi connectivity index (χ1n) is 8.80. The summed E-state index contributed by atoms with van der Waals surface area (Å²) in [4.78, 5) is 20.7. The summed E-state index contributed by atoms with van der Waals surface area (Å²) in [6, 6.07) is 4.12. The Hall–Kier alpha value is -1.18. The number of aliphatic hydroxyl groups excluding tert-OH is 1. The predicted molar refractivity (Wildman–Crippen MR) is 103 cm³/mol. The van der Waals surface area contributed by atoms with E-state index in [9.17, 15) is 9.90 Å². The number of nitrogens with zero attached hydrogens (tertiary/aromatic N) is 3. The number of carbonyl (C=O) groups excluding carboxylic acids is 1. The van der Waals surface area contributed by atoms with E-state index < -0.39 is 6.10 Å². The van der Waals surface area contributed by atoms with E-state index in [1.165, 1.54) is 9.92 Å². The topological polar surface area (TPSA) is 56.7 Å². The Morgan fingerprint density at radius 3 is 2.92 bits per heavy atom. The zero-order valence-corrected chi connectivity index (χ0v) is 16.1. The number of carbonyl (C=O) groups is 1. The molecule has 0 aliphatic carbocycles. The molecule has 1 amide bonds. The lowest BCUT2D eigenvalue weighted by molar-refractivity contribution is -0.153. The number of hydrogen-bond acceptors (Lipinski definition) is 6. The lowest BCUT2D eigenvalue weighted by Gasteiger charge is -2.44. The second-order valence-electron chi connectivity index (χ2n) is 6.77. The van der Waals surface area contributed by atoms with Crippen molar-refractivity contribution in [1.29, 1.82) is 0 Å². The van der Waals surface area contributed by atoms with Crippen LogP contribution in [0.4, 0.5) is 5.69 Å². The van der Waals surface area contributed by atoms with Gasteiger partial charge < -0.3 is 14.9 Å².